The van der Waals surface area contributed by atoms with Gasteiger partial charge in [0, 0.05) is 35.5 Å². The number of hydrogen-bond acceptors (Lipinski definition) is 3. The topological polar surface area (TPSA) is 52.2 Å². The van der Waals surface area contributed by atoms with Gasteiger partial charge in [0.05, 0.1) is 5.69 Å². The number of aromatic amines is 1. The predicted molar refractivity (Wildman–Crippen MR) is 91.2 cm³/mol. The summed E-state index contributed by atoms with van der Waals surface area (Å²) in [6, 6.07) is 17.9. The smallest absolute Gasteiger partial charge is 0.153 e. The van der Waals surface area contributed by atoms with E-state index in [2.05, 4.69) is 27.0 Å². The average Bonchev–Trinajstić information content (AvgIpc) is 2.89. The van der Waals surface area contributed by atoms with Gasteiger partial charge in [-0.1, -0.05) is 48.5 Å². The van der Waals surface area contributed by atoms with Crippen LogP contribution in [0.4, 0.5) is 5.69 Å². The molecule has 4 heteroatoms. The zero-order valence-electron chi connectivity index (χ0n) is 13.0. The second kappa shape index (κ2) is 5.56. The average molecular weight is 305 g/mol. The summed E-state index contributed by atoms with van der Waals surface area (Å²) in [5.74, 6) is 0.932. The molecule has 0 radical (unpaired) electrons. The number of benzene rings is 2. The zero-order valence-corrected chi connectivity index (χ0v) is 13.0. The number of nitrogens with one attached hydrogen (secondary N) is 1. The van der Waals surface area contributed by atoms with Crippen molar-refractivity contribution in [3.63, 3.8) is 0 Å². The minimum absolute atomic E-state index is 0.664. The van der Waals surface area contributed by atoms with Crippen molar-refractivity contribution >= 4 is 5.69 Å². The number of aryl methyl sites for hydroxylation is 1. The summed E-state index contributed by atoms with van der Waals surface area (Å²) in [6.07, 6.45) is 0.164. The van der Waals surface area contributed by atoms with Crippen molar-refractivity contribution in [1.29, 1.82) is 0 Å². The van der Waals surface area contributed by atoms with Crippen molar-refractivity contribution < 1.29 is 5.11 Å². The first-order valence-corrected chi connectivity index (χ1v) is 7.88. The van der Waals surface area contributed by atoms with Gasteiger partial charge in [0.15, 0.2) is 6.23 Å². The lowest BCUT2D eigenvalue weighted by molar-refractivity contribution is 0.172. The highest BCUT2D eigenvalue weighted by atomic mass is 16.3. The number of aromatic nitrogens is 2. The van der Waals surface area contributed by atoms with Crippen LogP contribution in [0, 0.1) is 6.92 Å². The molecule has 0 saturated heterocycles. The Morgan fingerprint density at radius 2 is 1.83 bits per heavy atom. The van der Waals surface area contributed by atoms with Crippen LogP contribution in [0.3, 0.4) is 0 Å². The fraction of sp³-hybridized carbons (Fsp3) is 0.211. The Labute approximate surface area is 135 Å². The number of fused-ring (bicyclic) bond motifs is 3. The van der Waals surface area contributed by atoms with Gasteiger partial charge in [-0.3, -0.25) is 0 Å². The highest BCUT2D eigenvalue weighted by Gasteiger charge is 2.26. The number of aliphatic hydroxyl groups is 1. The van der Waals surface area contributed by atoms with Crippen LogP contribution in [-0.2, 0) is 6.42 Å². The number of imidazole rings is 1. The van der Waals surface area contributed by atoms with Crippen LogP contribution >= 0.6 is 0 Å². The number of hydrogen-bond donors (Lipinski definition) is 2. The number of nitrogens with zero attached hydrogens (tertiary/aromatic N) is 2. The molecule has 0 fully saturated rings. The van der Waals surface area contributed by atoms with Crippen molar-refractivity contribution in [3.05, 3.63) is 71.7 Å². The molecule has 23 heavy (non-hydrogen) atoms. The van der Waals surface area contributed by atoms with Gasteiger partial charge < -0.3 is 15.0 Å². The lowest BCUT2D eigenvalue weighted by atomic mass is 10.1. The predicted octanol–water partition coefficient (Wildman–Crippen LogP) is 3.44. The van der Waals surface area contributed by atoms with Gasteiger partial charge in [0.1, 0.15) is 5.82 Å². The van der Waals surface area contributed by atoms with Crippen LogP contribution in [0.15, 0.2) is 54.6 Å². The van der Waals surface area contributed by atoms with Crippen LogP contribution < -0.4 is 4.90 Å². The molecule has 1 atom stereocenters. The Balaban J connectivity index is 1.81. The van der Waals surface area contributed by atoms with Gasteiger partial charge in [0.25, 0.3) is 0 Å². The standard InChI is InChI=1S/C19H19N3O/c1-13-20-16-11-12-22(19(23)14-7-3-2-4-8-14)17-10-6-5-9-15(17)18(16)21-13/h2-10,19,23H,11-12H2,1H3,(H,20,21). The minimum Gasteiger partial charge on any atom is -0.369 e. The molecule has 0 saturated carbocycles. The third kappa shape index (κ3) is 2.41. The van der Waals surface area contributed by atoms with Crippen LogP contribution in [0.2, 0.25) is 0 Å². The molecule has 0 amide bonds. The van der Waals surface area contributed by atoms with E-state index >= 15 is 0 Å². The van der Waals surface area contributed by atoms with E-state index in [1.807, 2.05) is 49.4 Å². The molecule has 4 rings (SSSR count). The number of anilines is 1. The lowest BCUT2D eigenvalue weighted by Crippen LogP contribution is -2.30. The van der Waals surface area contributed by atoms with Crippen molar-refractivity contribution in [2.45, 2.75) is 19.6 Å². The Morgan fingerprint density at radius 3 is 2.65 bits per heavy atom. The third-order valence-electron chi connectivity index (χ3n) is 4.36. The van der Waals surface area contributed by atoms with Gasteiger partial charge in [-0.2, -0.15) is 0 Å². The molecule has 0 aliphatic carbocycles. The van der Waals surface area contributed by atoms with E-state index in [1.165, 1.54) is 0 Å². The lowest BCUT2D eigenvalue weighted by Gasteiger charge is -2.30. The minimum atomic E-state index is -0.664. The number of aliphatic hydroxyl groups excluding tert-OH is 1. The zero-order chi connectivity index (χ0) is 15.8. The Bertz CT molecular complexity index is 826. The molecule has 1 unspecified atom stereocenters. The first-order chi connectivity index (χ1) is 11.2. The fourth-order valence-electron chi connectivity index (χ4n) is 3.28. The third-order valence-corrected chi connectivity index (χ3v) is 4.36. The van der Waals surface area contributed by atoms with Crippen molar-refractivity contribution in [2.24, 2.45) is 0 Å². The number of para-hydroxylation sites is 1. The summed E-state index contributed by atoms with van der Waals surface area (Å²) in [5, 5.41) is 10.9. The van der Waals surface area contributed by atoms with Crippen molar-refractivity contribution in [2.75, 3.05) is 11.4 Å². The molecule has 1 aliphatic heterocycles. The highest BCUT2D eigenvalue weighted by Crippen LogP contribution is 2.38. The quantitative estimate of drug-likeness (QED) is 0.762. The van der Waals surface area contributed by atoms with Crippen LogP contribution in [0.1, 0.15) is 23.3 Å². The maximum absolute atomic E-state index is 10.9. The molecule has 1 aliphatic rings. The molecular formula is C19H19N3O. The van der Waals surface area contributed by atoms with Gasteiger partial charge in [-0.25, -0.2) is 4.98 Å². The fourth-order valence-corrected chi connectivity index (χ4v) is 3.28. The second-order valence-corrected chi connectivity index (χ2v) is 5.89. The maximum atomic E-state index is 10.9. The first-order valence-electron chi connectivity index (χ1n) is 7.88. The van der Waals surface area contributed by atoms with E-state index in [9.17, 15) is 5.11 Å². The molecule has 2 aromatic carbocycles. The van der Waals surface area contributed by atoms with Crippen LogP contribution in [0.25, 0.3) is 11.3 Å². The molecule has 116 valence electrons. The molecule has 2 heterocycles. The summed E-state index contributed by atoms with van der Waals surface area (Å²) in [6.45, 7) is 2.72. The summed E-state index contributed by atoms with van der Waals surface area (Å²) >= 11 is 0. The maximum Gasteiger partial charge on any atom is 0.153 e. The monoisotopic (exact) mass is 305 g/mol. The summed E-state index contributed by atoms with van der Waals surface area (Å²) in [4.78, 5) is 10.1. The number of rotatable bonds is 2. The molecule has 2 N–H and O–H groups in total. The molecular weight excluding hydrogens is 286 g/mol. The molecule has 3 aromatic rings. The summed E-state index contributed by atoms with van der Waals surface area (Å²) in [5.41, 5.74) is 5.13. The largest absolute Gasteiger partial charge is 0.369 e. The normalized spacial score (nSPS) is 14.8. The SMILES string of the molecule is Cc1nc2c([nH]1)CCN(C(O)c1ccccc1)c1ccccc1-2. The van der Waals surface area contributed by atoms with E-state index in [1.54, 1.807) is 0 Å². The Hall–Kier alpha value is -2.59. The van der Waals surface area contributed by atoms with E-state index in [0.29, 0.717) is 0 Å². The highest BCUT2D eigenvalue weighted by molar-refractivity contribution is 5.79. The second-order valence-electron chi connectivity index (χ2n) is 5.89. The van der Waals surface area contributed by atoms with E-state index < -0.39 is 6.23 Å². The van der Waals surface area contributed by atoms with Crippen LogP contribution in [0.5, 0.6) is 0 Å². The van der Waals surface area contributed by atoms with Gasteiger partial charge in [-0.05, 0) is 13.0 Å². The summed E-state index contributed by atoms with van der Waals surface area (Å²) < 4.78 is 0. The van der Waals surface area contributed by atoms with E-state index in [4.69, 9.17) is 0 Å². The Kier molecular flexibility index (Phi) is 3.39. The van der Waals surface area contributed by atoms with Gasteiger partial charge in [0.2, 0.25) is 0 Å². The van der Waals surface area contributed by atoms with Gasteiger partial charge >= 0.3 is 0 Å². The van der Waals surface area contributed by atoms with E-state index in [0.717, 1.165) is 47.0 Å². The molecule has 0 spiro atoms. The van der Waals surface area contributed by atoms with Gasteiger partial charge in [-0.15, -0.1) is 0 Å². The Morgan fingerprint density at radius 1 is 1.09 bits per heavy atom. The van der Waals surface area contributed by atoms with E-state index in [-0.39, 0.29) is 0 Å². The molecule has 1 aromatic heterocycles. The van der Waals surface area contributed by atoms with Crippen molar-refractivity contribution in [3.8, 4) is 11.3 Å². The molecule has 4 nitrogen and oxygen atoms in total. The summed E-state index contributed by atoms with van der Waals surface area (Å²) in [7, 11) is 0. The van der Waals surface area contributed by atoms with Crippen molar-refractivity contribution in [1.82, 2.24) is 9.97 Å². The first kappa shape index (κ1) is 14.0. The van der Waals surface area contributed by atoms with Crippen LogP contribution in [-0.4, -0.2) is 21.6 Å². The molecule has 0 bridgehead atoms. The number of H-pyrrole nitrogens is 1.